The molecule has 0 fully saturated rings. The van der Waals surface area contributed by atoms with Crippen LogP contribution in [-0.4, -0.2) is 16.7 Å². The summed E-state index contributed by atoms with van der Waals surface area (Å²) in [7, 11) is 0. The lowest BCUT2D eigenvalue weighted by Crippen LogP contribution is -2.13. The lowest BCUT2D eigenvalue weighted by molar-refractivity contribution is 0.676. The number of H-pyrrole nitrogens is 1. The average molecular weight is 341 g/mol. The van der Waals surface area contributed by atoms with Crippen LogP contribution in [0.2, 0.25) is 0 Å². The minimum atomic E-state index is 0.867. The highest BCUT2D eigenvalue weighted by Gasteiger charge is 2.06. The quantitative estimate of drug-likeness (QED) is 0.648. The third-order valence-corrected chi connectivity index (χ3v) is 3.31. The number of benzene rings is 1. The number of hydrogen-bond acceptors (Lipinski definition) is 2. The lowest BCUT2D eigenvalue weighted by atomic mass is 10.1. The molecule has 0 aliphatic rings. The molecular weight excluding hydrogens is 325 g/mol. The summed E-state index contributed by atoms with van der Waals surface area (Å²) < 4.78 is 1.25. The summed E-state index contributed by atoms with van der Waals surface area (Å²) in [6.45, 7) is 4.07. The molecule has 0 amide bonds. The van der Waals surface area contributed by atoms with Crippen LogP contribution in [0.15, 0.2) is 30.5 Å². The van der Waals surface area contributed by atoms with Gasteiger partial charge >= 0.3 is 0 Å². The summed E-state index contributed by atoms with van der Waals surface area (Å²) >= 11 is 2.31. The second kappa shape index (κ2) is 6.16. The van der Waals surface area contributed by atoms with Gasteiger partial charge in [0.05, 0.1) is 11.9 Å². The predicted molar refractivity (Wildman–Crippen MR) is 78.7 cm³/mol. The first-order chi connectivity index (χ1) is 8.31. The van der Waals surface area contributed by atoms with Gasteiger partial charge in [0, 0.05) is 15.7 Å². The van der Waals surface area contributed by atoms with E-state index in [9.17, 15) is 0 Å². The van der Waals surface area contributed by atoms with Crippen molar-refractivity contribution in [3.63, 3.8) is 0 Å². The Morgan fingerprint density at radius 3 is 2.76 bits per heavy atom. The second-order valence-electron chi connectivity index (χ2n) is 3.95. The Morgan fingerprint density at radius 1 is 1.29 bits per heavy atom. The molecule has 0 bridgehead atoms. The van der Waals surface area contributed by atoms with E-state index in [0.29, 0.717) is 0 Å². The fraction of sp³-hybridized carbons (Fsp3) is 0.308. The van der Waals surface area contributed by atoms with Gasteiger partial charge in [0.2, 0.25) is 0 Å². The van der Waals surface area contributed by atoms with Gasteiger partial charge in [0.1, 0.15) is 0 Å². The highest BCUT2D eigenvalue weighted by Crippen LogP contribution is 2.21. The van der Waals surface area contributed by atoms with Gasteiger partial charge < -0.3 is 5.32 Å². The number of nitrogens with zero attached hydrogens (tertiary/aromatic N) is 1. The Hall–Kier alpha value is -0.880. The Kier molecular flexibility index (Phi) is 4.56. The summed E-state index contributed by atoms with van der Waals surface area (Å²) in [5.41, 5.74) is 3.53. The zero-order valence-electron chi connectivity index (χ0n) is 9.83. The van der Waals surface area contributed by atoms with Gasteiger partial charge in [0.15, 0.2) is 0 Å². The second-order valence-corrected chi connectivity index (χ2v) is 5.20. The van der Waals surface area contributed by atoms with Crippen molar-refractivity contribution in [2.75, 3.05) is 6.54 Å². The number of nitrogens with one attached hydrogen (secondary N) is 2. The van der Waals surface area contributed by atoms with E-state index in [0.717, 1.165) is 25.2 Å². The van der Waals surface area contributed by atoms with Crippen molar-refractivity contribution in [3.05, 3.63) is 39.6 Å². The van der Waals surface area contributed by atoms with Crippen molar-refractivity contribution in [3.8, 4) is 11.3 Å². The molecule has 0 aliphatic heterocycles. The topological polar surface area (TPSA) is 40.7 Å². The number of aromatic amines is 1. The van der Waals surface area contributed by atoms with Crippen LogP contribution < -0.4 is 5.32 Å². The summed E-state index contributed by atoms with van der Waals surface area (Å²) in [6, 6.07) is 8.47. The van der Waals surface area contributed by atoms with E-state index in [1.54, 1.807) is 0 Å². The molecule has 1 heterocycles. The molecule has 1 aromatic carbocycles. The highest BCUT2D eigenvalue weighted by molar-refractivity contribution is 14.1. The standard InChI is InChI=1S/C13H16IN3/c1-2-7-15-8-11-9-16-17-13(11)10-3-5-12(14)6-4-10/h3-6,9,15H,2,7-8H2,1H3,(H,16,17). The molecule has 0 atom stereocenters. The molecule has 90 valence electrons. The Balaban J connectivity index is 2.15. The fourth-order valence-electron chi connectivity index (χ4n) is 1.71. The Morgan fingerprint density at radius 2 is 2.06 bits per heavy atom. The third-order valence-electron chi connectivity index (χ3n) is 2.59. The van der Waals surface area contributed by atoms with Crippen molar-refractivity contribution in [2.45, 2.75) is 19.9 Å². The first-order valence-corrected chi connectivity index (χ1v) is 6.88. The van der Waals surface area contributed by atoms with Crippen molar-refractivity contribution in [1.82, 2.24) is 15.5 Å². The van der Waals surface area contributed by atoms with E-state index in [2.05, 4.69) is 69.3 Å². The molecule has 2 aromatic rings. The summed E-state index contributed by atoms with van der Waals surface area (Å²) in [5, 5.41) is 10.6. The third kappa shape index (κ3) is 3.29. The van der Waals surface area contributed by atoms with Crippen LogP contribution in [-0.2, 0) is 6.54 Å². The number of halogens is 1. The largest absolute Gasteiger partial charge is 0.313 e. The zero-order chi connectivity index (χ0) is 12.1. The van der Waals surface area contributed by atoms with Crippen LogP contribution in [0.4, 0.5) is 0 Å². The Bertz CT molecular complexity index is 462. The monoisotopic (exact) mass is 341 g/mol. The summed E-state index contributed by atoms with van der Waals surface area (Å²) in [6.07, 6.45) is 3.05. The molecule has 0 aliphatic carbocycles. The molecule has 17 heavy (non-hydrogen) atoms. The van der Waals surface area contributed by atoms with Gasteiger partial charge in [-0.1, -0.05) is 19.1 Å². The highest BCUT2D eigenvalue weighted by atomic mass is 127. The number of hydrogen-bond donors (Lipinski definition) is 2. The lowest BCUT2D eigenvalue weighted by Gasteiger charge is -2.04. The average Bonchev–Trinajstić information content (AvgIpc) is 2.79. The van der Waals surface area contributed by atoms with Crippen LogP contribution in [0, 0.1) is 3.57 Å². The molecule has 3 nitrogen and oxygen atoms in total. The minimum Gasteiger partial charge on any atom is -0.313 e. The van der Waals surface area contributed by atoms with Crippen LogP contribution in [0.25, 0.3) is 11.3 Å². The van der Waals surface area contributed by atoms with Crippen LogP contribution in [0.5, 0.6) is 0 Å². The molecule has 0 unspecified atom stereocenters. The molecule has 0 saturated carbocycles. The zero-order valence-corrected chi connectivity index (χ0v) is 12.0. The minimum absolute atomic E-state index is 0.867. The smallest absolute Gasteiger partial charge is 0.0695 e. The predicted octanol–water partition coefficient (Wildman–Crippen LogP) is 3.18. The van der Waals surface area contributed by atoms with Crippen molar-refractivity contribution in [1.29, 1.82) is 0 Å². The van der Waals surface area contributed by atoms with E-state index in [-0.39, 0.29) is 0 Å². The first kappa shape index (κ1) is 12.6. The number of aromatic nitrogens is 2. The van der Waals surface area contributed by atoms with Gasteiger partial charge in [0.25, 0.3) is 0 Å². The molecule has 2 rings (SSSR count). The van der Waals surface area contributed by atoms with E-state index >= 15 is 0 Å². The fourth-order valence-corrected chi connectivity index (χ4v) is 2.07. The van der Waals surface area contributed by atoms with E-state index < -0.39 is 0 Å². The van der Waals surface area contributed by atoms with E-state index in [4.69, 9.17) is 0 Å². The maximum absolute atomic E-state index is 4.13. The molecular formula is C13H16IN3. The van der Waals surface area contributed by atoms with Crippen LogP contribution in [0.1, 0.15) is 18.9 Å². The molecule has 0 spiro atoms. The van der Waals surface area contributed by atoms with Gasteiger partial charge in [-0.3, -0.25) is 5.10 Å². The van der Waals surface area contributed by atoms with Crippen LogP contribution in [0.3, 0.4) is 0 Å². The van der Waals surface area contributed by atoms with Crippen molar-refractivity contribution < 1.29 is 0 Å². The van der Waals surface area contributed by atoms with E-state index in [1.165, 1.54) is 14.7 Å². The molecule has 0 radical (unpaired) electrons. The SMILES string of the molecule is CCCNCc1cn[nH]c1-c1ccc(I)cc1. The van der Waals surface area contributed by atoms with Crippen molar-refractivity contribution in [2.24, 2.45) is 0 Å². The molecule has 0 saturated heterocycles. The van der Waals surface area contributed by atoms with Gasteiger partial charge in [-0.2, -0.15) is 5.10 Å². The van der Waals surface area contributed by atoms with Gasteiger partial charge in [-0.25, -0.2) is 0 Å². The molecule has 4 heteroatoms. The van der Waals surface area contributed by atoms with Crippen molar-refractivity contribution >= 4 is 22.6 Å². The van der Waals surface area contributed by atoms with Gasteiger partial charge in [-0.05, 0) is 53.3 Å². The van der Waals surface area contributed by atoms with Crippen LogP contribution >= 0.6 is 22.6 Å². The first-order valence-electron chi connectivity index (χ1n) is 5.80. The molecule has 1 aromatic heterocycles. The maximum Gasteiger partial charge on any atom is 0.0695 e. The normalized spacial score (nSPS) is 10.7. The number of rotatable bonds is 5. The summed E-state index contributed by atoms with van der Waals surface area (Å²) in [4.78, 5) is 0. The summed E-state index contributed by atoms with van der Waals surface area (Å²) in [5.74, 6) is 0. The van der Waals surface area contributed by atoms with E-state index in [1.807, 2.05) is 6.20 Å². The Labute approximate surface area is 115 Å². The molecule has 2 N–H and O–H groups in total. The van der Waals surface area contributed by atoms with Gasteiger partial charge in [-0.15, -0.1) is 0 Å². The maximum atomic E-state index is 4.13.